The quantitative estimate of drug-likeness (QED) is 0.851. The van der Waals surface area contributed by atoms with Crippen molar-refractivity contribution in [2.75, 3.05) is 16.8 Å². The molecule has 20 heavy (non-hydrogen) atoms. The number of halogens is 1. The number of amides is 1. The van der Waals surface area contributed by atoms with Crippen LogP contribution in [-0.4, -0.2) is 12.5 Å². The maximum absolute atomic E-state index is 12.3. The van der Waals surface area contributed by atoms with Crippen molar-refractivity contribution in [2.24, 2.45) is 0 Å². The zero-order valence-electron chi connectivity index (χ0n) is 11.4. The summed E-state index contributed by atoms with van der Waals surface area (Å²) in [6.45, 7) is 4.46. The molecule has 0 atom stereocenters. The zero-order chi connectivity index (χ0) is 14.3. The molecule has 0 radical (unpaired) electrons. The highest BCUT2D eigenvalue weighted by Crippen LogP contribution is 2.37. The lowest BCUT2D eigenvalue weighted by Gasteiger charge is -2.30. The fourth-order valence-electron chi connectivity index (χ4n) is 2.37. The SMILES string of the molecule is Cc1ccc(N2C(=O)CNc3ccc(Br)cc32)cc1C. The molecule has 1 amide bonds. The Labute approximate surface area is 126 Å². The molecule has 0 aromatic heterocycles. The fourth-order valence-corrected chi connectivity index (χ4v) is 2.72. The van der Waals surface area contributed by atoms with Crippen LogP contribution in [0.4, 0.5) is 17.1 Å². The molecule has 0 saturated heterocycles. The first-order chi connectivity index (χ1) is 9.56. The van der Waals surface area contributed by atoms with E-state index in [-0.39, 0.29) is 5.91 Å². The highest BCUT2D eigenvalue weighted by molar-refractivity contribution is 9.10. The van der Waals surface area contributed by atoms with Crippen LogP contribution >= 0.6 is 15.9 Å². The molecule has 0 fully saturated rings. The Kier molecular flexibility index (Phi) is 3.26. The van der Waals surface area contributed by atoms with Gasteiger partial charge in [0, 0.05) is 10.2 Å². The smallest absolute Gasteiger partial charge is 0.250 e. The van der Waals surface area contributed by atoms with E-state index >= 15 is 0 Å². The van der Waals surface area contributed by atoms with E-state index in [1.807, 2.05) is 24.3 Å². The third-order valence-electron chi connectivity index (χ3n) is 3.63. The topological polar surface area (TPSA) is 32.3 Å². The summed E-state index contributed by atoms with van der Waals surface area (Å²) in [5.74, 6) is 0.0545. The summed E-state index contributed by atoms with van der Waals surface area (Å²) in [4.78, 5) is 14.1. The van der Waals surface area contributed by atoms with E-state index in [1.165, 1.54) is 11.1 Å². The second-order valence-electron chi connectivity index (χ2n) is 5.01. The number of nitrogens with one attached hydrogen (secondary N) is 1. The third kappa shape index (κ3) is 2.20. The molecule has 3 nitrogen and oxygen atoms in total. The second kappa shape index (κ2) is 4.94. The predicted molar refractivity (Wildman–Crippen MR) is 85.7 cm³/mol. The molecular weight excluding hydrogens is 316 g/mol. The molecule has 1 heterocycles. The van der Waals surface area contributed by atoms with Gasteiger partial charge in [-0.15, -0.1) is 0 Å². The lowest BCUT2D eigenvalue weighted by Crippen LogP contribution is -2.36. The minimum atomic E-state index is 0.0545. The molecule has 1 aliphatic heterocycles. The van der Waals surface area contributed by atoms with Gasteiger partial charge in [-0.2, -0.15) is 0 Å². The third-order valence-corrected chi connectivity index (χ3v) is 4.12. The van der Waals surface area contributed by atoms with Gasteiger partial charge in [-0.1, -0.05) is 22.0 Å². The fraction of sp³-hybridized carbons (Fsp3) is 0.188. The number of carbonyl (C=O) groups is 1. The van der Waals surface area contributed by atoms with Gasteiger partial charge in [0.25, 0.3) is 5.91 Å². The van der Waals surface area contributed by atoms with Crippen molar-refractivity contribution in [1.29, 1.82) is 0 Å². The first-order valence-corrected chi connectivity index (χ1v) is 7.29. The molecule has 4 heteroatoms. The maximum atomic E-state index is 12.3. The van der Waals surface area contributed by atoms with Gasteiger partial charge < -0.3 is 5.32 Å². The highest BCUT2D eigenvalue weighted by atomic mass is 79.9. The highest BCUT2D eigenvalue weighted by Gasteiger charge is 2.25. The van der Waals surface area contributed by atoms with Gasteiger partial charge in [0.1, 0.15) is 0 Å². The van der Waals surface area contributed by atoms with Crippen LogP contribution in [0, 0.1) is 13.8 Å². The summed E-state index contributed by atoms with van der Waals surface area (Å²) in [6, 6.07) is 12.0. The molecule has 0 spiro atoms. The van der Waals surface area contributed by atoms with Crippen molar-refractivity contribution < 1.29 is 4.79 Å². The van der Waals surface area contributed by atoms with E-state index in [1.54, 1.807) is 4.90 Å². The number of carbonyl (C=O) groups excluding carboxylic acids is 1. The normalized spacial score (nSPS) is 13.9. The first kappa shape index (κ1) is 13.2. The van der Waals surface area contributed by atoms with Gasteiger partial charge in [0.05, 0.1) is 17.9 Å². The van der Waals surface area contributed by atoms with Crippen LogP contribution in [0.15, 0.2) is 40.9 Å². The summed E-state index contributed by atoms with van der Waals surface area (Å²) < 4.78 is 0.960. The van der Waals surface area contributed by atoms with Gasteiger partial charge >= 0.3 is 0 Å². The monoisotopic (exact) mass is 330 g/mol. The number of benzene rings is 2. The largest absolute Gasteiger partial charge is 0.374 e. The Morgan fingerprint density at radius 3 is 2.65 bits per heavy atom. The molecule has 2 aromatic carbocycles. The molecule has 0 saturated carbocycles. The minimum Gasteiger partial charge on any atom is -0.374 e. The van der Waals surface area contributed by atoms with E-state index in [2.05, 4.69) is 47.2 Å². The molecule has 2 aromatic rings. The standard InChI is InChI=1S/C16H15BrN2O/c1-10-3-5-13(7-11(10)2)19-15-8-12(17)4-6-14(15)18-9-16(19)20/h3-8,18H,9H2,1-2H3. The van der Waals surface area contributed by atoms with Gasteiger partial charge in [-0.25, -0.2) is 0 Å². The van der Waals surface area contributed by atoms with Crippen LogP contribution in [0.3, 0.4) is 0 Å². The number of hydrogen-bond donors (Lipinski definition) is 1. The average molecular weight is 331 g/mol. The van der Waals surface area contributed by atoms with E-state index in [0.717, 1.165) is 21.5 Å². The summed E-state index contributed by atoms with van der Waals surface area (Å²) in [5, 5.41) is 3.15. The van der Waals surface area contributed by atoms with Crippen molar-refractivity contribution in [1.82, 2.24) is 0 Å². The Morgan fingerprint density at radius 1 is 1.10 bits per heavy atom. The van der Waals surface area contributed by atoms with E-state index in [0.29, 0.717) is 6.54 Å². The number of rotatable bonds is 1. The van der Waals surface area contributed by atoms with Crippen molar-refractivity contribution in [3.8, 4) is 0 Å². The lowest BCUT2D eigenvalue weighted by molar-refractivity contribution is -0.116. The Hall–Kier alpha value is -1.81. The zero-order valence-corrected chi connectivity index (χ0v) is 13.0. The minimum absolute atomic E-state index is 0.0545. The number of fused-ring (bicyclic) bond motifs is 1. The second-order valence-corrected chi connectivity index (χ2v) is 5.93. The van der Waals surface area contributed by atoms with Gasteiger partial charge in [-0.05, 0) is 55.3 Å². The number of nitrogens with zero attached hydrogens (tertiary/aromatic N) is 1. The summed E-state index contributed by atoms with van der Waals surface area (Å²) >= 11 is 3.47. The first-order valence-electron chi connectivity index (χ1n) is 6.50. The van der Waals surface area contributed by atoms with Crippen LogP contribution in [0.2, 0.25) is 0 Å². The van der Waals surface area contributed by atoms with Gasteiger partial charge in [0.15, 0.2) is 0 Å². The summed E-state index contributed by atoms with van der Waals surface area (Å²) in [6.07, 6.45) is 0. The van der Waals surface area contributed by atoms with Gasteiger partial charge in [0.2, 0.25) is 0 Å². The van der Waals surface area contributed by atoms with E-state index < -0.39 is 0 Å². The van der Waals surface area contributed by atoms with Crippen molar-refractivity contribution >= 4 is 38.9 Å². The van der Waals surface area contributed by atoms with Crippen LogP contribution in [0.5, 0.6) is 0 Å². The molecular formula is C16H15BrN2O. The molecule has 1 aliphatic rings. The average Bonchev–Trinajstić information content (AvgIpc) is 2.42. The van der Waals surface area contributed by atoms with Crippen LogP contribution < -0.4 is 10.2 Å². The molecule has 0 aliphatic carbocycles. The van der Waals surface area contributed by atoms with E-state index in [9.17, 15) is 4.79 Å². The lowest BCUT2D eigenvalue weighted by atomic mass is 10.1. The van der Waals surface area contributed by atoms with Crippen molar-refractivity contribution in [3.05, 3.63) is 52.0 Å². The molecule has 1 N–H and O–H groups in total. The van der Waals surface area contributed by atoms with Crippen LogP contribution in [0.1, 0.15) is 11.1 Å². The Bertz CT molecular complexity index is 697. The Balaban J connectivity index is 2.15. The maximum Gasteiger partial charge on any atom is 0.250 e. The molecule has 0 unspecified atom stereocenters. The number of aryl methyl sites for hydroxylation is 2. The molecule has 102 valence electrons. The van der Waals surface area contributed by atoms with E-state index in [4.69, 9.17) is 0 Å². The molecule has 3 rings (SSSR count). The number of hydrogen-bond acceptors (Lipinski definition) is 2. The number of anilines is 3. The summed E-state index contributed by atoms with van der Waals surface area (Å²) in [7, 11) is 0. The molecule has 0 bridgehead atoms. The van der Waals surface area contributed by atoms with Crippen LogP contribution in [-0.2, 0) is 4.79 Å². The van der Waals surface area contributed by atoms with Crippen molar-refractivity contribution in [2.45, 2.75) is 13.8 Å². The Morgan fingerprint density at radius 2 is 1.90 bits per heavy atom. The van der Waals surface area contributed by atoms with Crippen molar-refractivity contribution in [3.63, 3.8) is 0 Å². The van der Waals surface area contributed by atoms with Crippen LogP contribution in [0.25, 0.3) is 0 Å². The van der Waals surface area contributed by atoms with Gasteiger partial charge in [-0.3, -0.25) is 9.69 Å². The summed E-state index contributed by atoms with van der Waals surface area (Å²) in [5.41, 5.74) is 5.19. The predicted octanol–water partition coefficient (Wildman–Crippen LogP) is 4.16.